The normalized spacial score (nSPS) is 14.8. The fourth-order valence-corrected chi connectivity index (χ4v) is 2.28. The topological polar surface area (TPSA) is 82.0 Å². The lowest BCUT2D eigenvalue weighted by Crippen LogP contribution is -2.39. The summed E-state index contributed by atoms with van der Waals surface area (Å²) in [5, 5.41) is 14.0. The van der Waals surface area contributed by atoms with E-state index in [0.29, 0.717) is 29.7 Å². The van der Waals surface area contributed by atoms with E-state index in [-0.39, 0.29) is 0 Å². The van der Waals surface area contributed by atoms with Gasteiger partial charge in [-0.1, -0.05) is 24.6 Å². The van der Waals surface area contributed by atoms with Crippen LogP contribution in [0.1, 0.15) is 42.5 Å². The van der Waals surface area contributed by atoms with Crippen molar-refractivity contribution in [1.29, 1.82) is 5.26 Å². The van der Waals surface area contributed by atoms with Crippen LogP contribution in [0, 0.1) is 11.3 Å². The summed E-state index contributed by atoms with van der Waals surface area (Å²) < 4.78 is 0. The highest BCUT2D eigenvalue weighted by atomic mass is 16.2. The summed E-state index contributed by atoms with van der Waals surface area (Å²) in [6, 6.07) is 10.1. The number of urea groups is 1. The molecule has 0 saturated carbocycles. The van der Waals surface area contributed by atoms with Crippen molar-refractivity contribution in [3.05, 3.63) is 47.2 Å². The van der Waals surface area contributed by atoms with Crippen molar-refractivity contribution in [2.24, 2.45) is 0 Å². The standard InChI is InChI=1S/C16H17N3O2/c17-11-13-9-5-2-6-10-14(13)18-16(21)19-15(20)12-7-3-1-4-8-12/h1,3-4,7-8H,2,5-6,9-10H2,(H2,18,19,20,21). The molecule has 0 radical (unpaired) electrons. The number of nitrogens with one attached hydrogen (secondary N) is 2. The van der Waals surface area contributed by atoms with E-state index >= 15 is 0 Å². The second kappa shape index (κ2) is 7.25. The molecule has 2 rings (SSSR count). The van der Waals surface area contributed by atoms with Gasteiger partial charge in [-0.2, -0.15) is 5.26 Å². The summed E-state index contributed by atoms with van der Waals surface area (Å²) in [6.45, 7) is 0. The highest BCUT2D eigenvalue weighted by molar-refractivity contribution is 6.04. The maximum absolute atomic E-state index is 11.9. The van der Waals surface area contributed by atoms with Crippen LogP contribution in [-0.4, -0.2) is 11.9 Å². The molecule has 0 aromatic heterocycles. The van der Waals surface area contributed by atoms with Gasteiger partial charge in [0.25, 0.3) is 5.91 Å². The van der Waals surface area contributed by atoms with E-state index in [9.17, 15) is 9.59 Å². The smallest absolute Gasteiger partial charge is 0.310 e. The average Bonchev–Trinajstić information content (AvgIpc) is 2.73. The third-order valence-electron chi connectivity index (χ3n) is 3.38. The lowest BCUT2D eigenvalue weighted by Gasteiger charge is -2.10. The van der Waals surface area contributed by atoms with E-state index < -0.39 is 11.9 Å². The van der Waals surface area contributed by atoms with Crippen molar-refractivity contribution in [2.45, 2.75) is 32.1 Å². The Morgan fingerprint density at radius 1 is 1.05 bits per heavy atom. The molecule has 21 heavy (non-hydrogen) atoms. The highest BCUT2D eigenvalue weighted by Crippen LogP contribution is 2.21. The highest BCUT2D eigenvalue weighted by Gasteiger charge is 2.15. The van der Waals surface area contributed by atoms with Crippen molar-refractivity contribution in [3.8, 4) is 6.07 Å². The van der Waals surface area contributed by atoms with Crippen LogP contribution in [0.25, 0.3) is 0 Å². The number of hydrogen-bond acceptors (Lipinski definition) is 3. The first-order valence-corrected chi connectivity index (χ1v) is 7.00. The van der Waals surface area contributed by atoms with Crippen molar-refractivity contribution in [2.75, 3.05) is 0 Å². The van der Waals surface area contributed by atoms with E-state index in [2.05, 4.69) is 16.7 Å². The van der Waals surface area contributed by atoms with Crippen LogP contribution >= 0.6 is 0 Å². The Bertz CT molecular complexity index is 600. The van der Waals surface area contributed by atoms with E-state index in [1.807, 2.05) is 0 Å². The molecule has 0 bridgehead atoms. The Morgan fingerprint density at radius 2 is 1.76 bits per heavy atom. The van der Waals surface area contributed by atoms with Crippen LogP contribution in [0.2, 0.25) is 0 Å². The van der Waals surface area contributed by atoms with E-state index in [1.165, 1.54) is 0 Å². The quantitative estimate of drug-likeness (QED) is 0.875. The second-order valence-corrected chi connectivity index (χ2v) is 4.90. The van der Waals surface area contributed by atoms with Gasteiger partial charge in [-0.3, -0.25) is 10.1 Å². The Labute approximate surface area is 123 Å². The van der Waals surface area contributed by atoms with Gasteiger partial charge >= 0.3 is 6.03 Å². The lowest BCUT2D eigenvalue weighted by atomic mass is 10.1. The van der Waals surface area contributed by atoms with Crippen LogP contribution in [0.4, 0.5) is 4.79 Å². The molecule has 5 heteroatoms. The summed E-state index contributed by atoms with van der Waals surface area (Å²) in [6.07, 6.45) is 4.28. The molecule has 1 aliphatic rings. The molecule has 1 aromatic rings. The number of imide groups is 1. The fraction of sp³-hybridized carbons (Fsp3) is 0.312. The zero-order chi connectivity index (χ0) is 15.1. The van der Waals surface area contributed by atoms with Crippen LogP contribution < -0.4 is 10.6 Å². The van der Waals surface area contributed by atoms with Gasteiger partial charge in [-0.15, -0.1) is 0 Å². The molecule has 1 aromatic carbocycles. The predicted octanol–water partition coefficient (Wildman–Crippen LogP) is 2.87. The molecule has 3 amide bonds. The van der Waals surface area contributed by atoms with Gasteiger partial charge in [0, 0.05) is 16.8 Å². The Kier molecular flexibility index (Phi) is 5.10. The van der Waals surface area contributed by atoms with Crippen LogP contribution in [-0.2, 0) is 0 Å². The molecule has 108 valence electrons. The minimum absolute atomic E-state index is 0.419. The number of nitriles is 1. The zero-order valence-corrected chi connectivity index (χ0v) is 11.7. The molecule has 0 saturated heterocycles. The van der Waals surface area contributed by atoms with Gasteiger partial charge in [0.05, 0.1) is 6.07 Å². The molecule has 1 aliphatic carbocycles. The van der Waals surface area contributed by atoms with Gasteiger partial charge in [-0.25, -0.2) is 4.79 Å². The third-order valence-corrected chi connectivity index (χ3v) is 3.38. The molecule has 0 atom stereocenters. The molecule has 0 heterocycles. The number of benzene rings is 1. The predicted molar refractivity (Wildman–Crippen MR) is 78.2 cm³/mol. The monoisotopic (exact) mass is 283 g/mol. The molecule has 0 spiro atoms. The molecule has 0 aliphatic heterocycles. The molecular weight excluding hydrogens is 266 g/mol. The molecule has 0 unspecified atom stereocenters. The Morgan fingerprint density at radius 3 is 2.48 bits per heavy atom. The van der Waals surface area contributed by atoms with Crippen molar-refractivity contribution < 1.29 is 9.59 Å². The maximum Gasteiger partial charge on any atom is 0.325 e. The summed E-state index contributed by atoms with van der Waals surface area (Å²) >= 11 is 0. The van der Waals surface area contributed by atoms with Gasteiger partial charge < -0.3 is 5.32 Å². The first-order chi connectivity index (χ1) is 10.2. The Balaban J connectivity index is 1.99. The van der Waals surface area contributed by atoms with Crippen molar-refractivity contribution in [1.82, 2.24) is 10.6 Å². The van der Waals surface area contributed by atoms with E-state index in [1.54, 1.807) is 30.3 Å². The SMILES string of the molecule is N#CC1=C(NC(=O)NC(=O)c2ccccc2)CCCCC1. The number of carbonyl (C=O) groups is 2. The van der Waals surface area contributed by atoms with Gasteiger partial charge in [0.15, 0.2) is 0 Å². The van der Waals surface area contributed by atoms with E-state index in [0.717, 1.165) is 19.3 Å². The second-order valence-electron chi connectivity index (χ2n) is 4.90. The average molecular weight is 283 g/mol. The summed E-state index contributed by atoms with van der Waals surface area (Å²) in [7, 11) is 0. The summed E-state index contributed by atoms with van der Waals surface area (Å²) in [5.41, 5.74) is 1.66. The van der Waals surface area contributed by atoms with Crippen molar-refractivity contribution in [3.63, 3.8) is 0 Å². The van der Waals surface area contributed by atoms with Crippen LogP contribution in [0.5, 0.6) is 0 Å². The molecular formula is C16H17N3O2. The van der Waals surface area contributed by atoms with Gasteiger partial charge in [0.2, 0.25) is 0 Å². The lowest BCUT2D eigenvalue weighted by molar-refractivity contribution is 0.0964. The fourth-order valence-electron chi connectivity index (χ4n) is 2.28. The third kappa shape index (κ3) is 4.18. The van der Waals surface area contributed by atoms with Crippen molar-refractivity contribution >= 4 is 11.9 Å². The number of carbonyl (C=O) groups excluding carboxylic acids is 2. The van der Waals surface area contributed by atoms with E-state index in [4.69, 9.17) is 5.26 Å². The Hall–Kier alpha value is -2.61. The largest absolute Gasteiger partial charge is 0.325 e. The first-order valence-electron chi connectivity index (χ1n) is 7.00. The van der Waals surface area contributed by atoms with Gasteiger partial charge in [-0.05, 0) is 37.8 Å². The number of hydrogen-bond donors (Lipinski definition) is 2. The number of allylic oxidation sites excluding steroid dienone is 2. The maximum atomic E-state index is 11.9. The minimum Gasteiger partial charge on any atom is -0.310 e. The van der Waals surface area contributed by atoms with Crippen LogP contribution in [0.3, 0.4) is 0 Å². The number of nitrogens with zero attached hydrogens (tertiary/aromatic N) is 1. The number of amides is 3. The summed E-state index contributed by atoms with van der Waals surface area (Å²) in [4.78, 5) is 23.7. The van der Waals surface area contributed by atoms with Crippen LogP contribution in [0.15, 0.2) is 41.6 Å². The summed E-state index contributed by atoms with van der Waals surface area (Å²) in [5.74, 6) is -0.458. The molecule has 5 nitrogen and oxygen atoms in total. The number of rotatable bonds is 2. The molecule has 0 fully saturated rings. The molecule has 2 N–H and O–H groups in total. The minimum atomic E-state index is -0.589. The zero-order valence-electron chi connectivity index (χ0n) is 11.7. The van der Waals surface area contributed by atoms with Gasteiger partial charge in [0.1, 0.15) is 0 Å². The first kappa shape index (κ1) is 14.8.